The number of hydrogen-bond donors (Lipinski definition) is 2. The topological polar surface area (TPSA) is 214 Å². The van der Waals surface area contributed by atoms with Crippen LogP contribution in [0.4, 0.5) is 4.79 Å². The molecule has 17 heteroatoms. The Labute approximate surface area is 421 Å². The first kappa shape index (κ1) is 59.5. The van der Waals surface area contributed by atoms with Gasteiger partial charge in [-0.1, -0.05) is 71.1 Å². The van der Waals surface area contributed by atoms with Gasteiger partial charge in [0.1, 0.15) is 36.2 Å². The Morgan fingerprint density at radius 1 is 0.873 bits per heavy atom. The zero-order valence-electron chi connectivity index (χ0n) is 44.3. The maximum atomic E-state index is 14.5. The van der Waals surface area contributed by atoms with Crippen molar-refractivity contribution in [1.82, 2.24) is 9.96 Å². The summed E-state index contributed by atoms with van der Waals surface area (Å²) in [4.78, 5) is 89.8. The van der Waals surface area contributed by atoms with Gasteiger partial charge in [0, 0.05) is 65.5 Å². The quantitative estimate of drug-likeness (QED) is 0.111. The molecule has 2 N–H and O–H groups in total. The van der Waals surface area contributed by atoms with Gasteiger partial charge in [-0.05, 0) is 107 Å². The van der Waals surface area contributed by atoms with Crippen LogP contribution in [0.2, 0.25) is 0 Å². The maximum Gasteiger partial charge on any atom is 0.434 e. The van der Waals surface area contributed by atoms with Gasteiger partial charge in [-0.15, -0.1) is 0 Å². The summed E-state index contributed by atoms with van der Waals surface area (Å²) in [5.41, 5.74) is 1.24. The van der Waals surface area contributed by atoms with Crippen LogP contribution in [0.25, 0.3) is 0 Å². The lowest BCUT2D eigenvalue weighted by atomic mass is 9.78. The minimum absolute atomic E-state index is 0.00393. The highest BCUT2D eigenvalue weighted by molar-refractivity contribution is 6.39. The number of rotatable bonds is 8. The second-order valence-corrected chi connectivity index (χ2v) is 20.6. The normalized spacial score (nSPS) is 37.9. The molecule has 3 fully saturated rings. The number of carbonyl (C=O) groups excluding carboxylic acids is 6. The van der Waals surface area contributed by atoms with Crippen LogP contribution in [0.5, 0.6) is 0 Å². The molecular weight excluding hydrogens is 917 g/mol. The number of aliphatic hydroxyl groups is 2. The lowest BCUT2D eigenvalue weighted by molar-refractivity contribution is -0.265. The molecule has 0 spiro atoms. The summed E-state index contributed by atoms with van der Waals surface area (Å²) in [6, 6.07) is -1.18. The molecule has 0 aromatic heterocycles. The Kier molecular flexibility index (Phi) is 23.3. The third-order valence-corrected chi connectivity index (χ3v) is 15.2. The molecule has 1 saturated carbocycles. The summed E-state index contributed by atoms with van der Waals surface area (Å²) in [6.07, 6.45) is 9.88. The van der Waals surface area contributed by atoms with Gasteiger partial charge >= 0.3 is 12.1 Å². The third kappa shape index (κ3) is 15.9. The number of ether oxygens (including phenoxy) is 6. The fraction of sp³-hybridized carbons (Fsp3) is 0.741. The summed E-state index contributed by atoms with van der Waals surface area (Å²) >= 11 is 0. The average molecular weight is 1000 g/mol. The molecule has 15 atom stereocenters. The fourth-order valence-electron chi connectivity index (χ4n) is 10.5. The van der Waals surface area contributed by atoms with Crippen molar-refractivity contribution in [3.63, 3.8) is 0 Å². The first-order chi connectivity index (χ1) is 33.6. The maximum absolute atomic E-state index is 14.5. The van der Waals surface area contributed by atoms with Gasteiger partial charge in [-0.25, -0.2) is 9.59 Å². The van der Waals surface area contributed by atoms with E-state index in [9.17, 15) is 39.0 Å². The number of cyclic esters (lactones) is 1. The number of Topliss-reactive ketones (excluding diaryl/α,β-unsaturated/α-hetero) is 3. The third-order valence-electron chi connectivity index (χ3n) is 15.2. The van der Waals surface area contributed by atoms with E-state index in [1.54, 1.807) is 48.0 Å². The van der Waals surface area contributed by atoms with Crippen LogP contribution in [0.15, 0.2) is 47.6 Å². The van der Waals surface area contributed by atoms with Crippen molar-refractivity contribution in [2.24, 2.45) is 35.5 Å². The lowest BCUT2D eigenvalue weighted by Gasteiger charge is -2.42. The molecule has 4 aliphatic rings. The molecule has 17 nitrogen and oxygen atoms in total. The van der Waals surface area contributed by atoms with E-state index in [0.717, 1.165) is 10.6 Å². The number of hydroxylamine groups is 2. The van der Waals surface area contributed by atoms with Crippen LogP contribution in [0, 0.1) is 35.5 Å². The van der Waals surface area contributed by atoms with Crippen molar-refractivity contribution in [3.8, 4) is 0 Å². The molecule has 3 aliphatic heterocycles. The highest BCUT2D eigenvalue weighted by atomic mass is 16.7. The molecule has 2 saturated heterocycles. The molecule has 1 aliphatic carbocycles. The second-order valence-electron chi connectivity index (χ2n) is 20.6. The molecule has 0 aromatic rings. The Morgan fingerprint density at radius 2 is 1.59 bits per heavy atom. The van der Waals surface area contributed by atoms with Gasteiger partial charge in [0.05, 0.1) is 25.4 Å². The number of carbonyl (C=O) groups is 6. The van der Waals surface area contributed by atoms with E-state index in [4.69, 9.17) is 33.3 Å². The number of methoxy groups -OCH3 is 3. The number of hydrogen-bond acceptors (Lipinski definition) is 15. The zero-order valence-corrected chi connectivity index (χ0v) is 44.3. The number of esters is 1. The molecule has 2 amide bonds. The van der Waals surface area contributed by atoms with Crippen LogP contribution in [0.3, 0.4) is 0 Å². The van der Waals surface area contributed by atoms with Gasteiger partial charge in [-0.2, -0.15) is 5.06 Å². The summed E-state index contributed by atoms with van der Waals surface area (Å²) in [6.45, 7) is 12.6. The van der Waals surface area contributed by atoms with Crippen LogP contribution in [0.1, 0.15) is 126 Å². The summed E-state index contributed by atoms with van der Waals surface area (Å²) in [7, 11) is 7.30. The van der Waals surface area contributed by atoms with Crippen LogP contribution in [-0.2, 0) is 57.2 Å². The molecular formula is C54H84N2O15. The predicted octanol–water partition coefficient (Wildman–Crippen LogP) is 6.82. The van der Waals surface area contributed by atoms with Gasteiger partial charge in [0.25, 0.3) is 11.7 Å². The highest BCUT2D eigenvalue weighted by Crippen LogP contribution is 2.38. The van der Waals surface area contributed by atoms with Gasteiger partial charge in [0.2, 0.25) is 5.79 Å². The van der Waals surface area contributed by atoms with E-state index in [1.807, 2.05) is 51.2 Å². The first-order valence-corrected chi connectivity index (χ1v) is 25.6. The van der Waals surface area contributed by atoms with Crippen molar-refractivity contribution in [1.29, 1.82) is 0 Å². The van der Waals surface area contributed by atoms with Crippen molar-refractivity contribution < 1.29 is 72.2 Å². The number of ketones is 3. The zero-order chi connectivity index (χ0) is 52.7. The van der Waals surface area contributed by atoms with Crippen LogP contribution < -0.4 is 0 Å². The van der Waals surface area contributed by atoms with Crippen molar-refractivity contribution in [3.05, 3.63) is 47.6 Å². The molecule has 71 heavy (non-hydrogen) atoms. The molecule has 2 bridgehead atoms. The van der Waals surface area contributed by atoms with Crippen molar-refractivity contribution >= 4 is 35.3 Å². The van der Waals surface area contributed by atoms with E-state index in [2.05, 4.69) is 0 Å². The molecule has 400 valence electrons. The van der Waals surface area contributed by atoms with E-state index < -0.39 is 102 Å². The van der Waals surface area contributed by atoms with Crippen molar-refractivity contribution in [2.75, 3.05) is 42.0 Å². The van der Waals surface area contributed by atoms with Gasteiger partial charge < -0.3 is 43.5 Å². The standard InChI is InChI=1S/C54H84N2O15/c1-32-18-14-13-15-19-33(2)44(65-9)30-40-23-21-38(7)54(64,71-40)50(60)51(61)56-25-17-16-20-41(56)52(62)69-45(31-42(57)34(3)27-37(6)48(59)49(67-11)47(58)36(5)26-32)35(4)28-39-22-24-43(46(29-39)66-10)70-53(63)55(8)68-12/h13-15,18-19,27,32,34-36,38-41,43-46,48-49,59,64H,16-17,20-26,28-31H2,1-12H3/b15-13+,18-14+,33-19+,37-27+/t32-,34-,35-,36?,38-,39+,40+,41?,43-,44+,45+,46-,48-,49?,54-/m1/s1. The number of nitrogens with zero attached hydrogens (tertiary/aromatic N) is 2. The van der Waals surface area contributed by atoms with Crippen LogP contribution in [-0.4, -0.2) is 152 Å². The number of amides is 2. The minimum atomic E-state index is -2.45. The van der Waals surface area contributed by atoms with Gasteiger partial charge in [-0.3, -0.25) is 24.0 Å². The molecule has 3 heterocycles. The van der Waals surface area contributed by atoms with Gasteiger partial charge in [0.15, 0.2) is 5.78 Å². The molecule has 4 rings (SSSR count). The number of aliphatic hydroxyl groups excluding tert-OH is 1. The SMILES string of the molecule is COC1C(=O)C(C)C[C@H](C)/C=C/C=C/C=C(\C)[C@@H](OC)C[C@@H]2CC[C@@H](C)[C@@](O)(O2)C(=O)C(=O)N2CCCCC2C(=O)O[C@H]([C@H](C)C[C@@H]2CC[C@@H](OC(=O)N(C)OC)[C@H](OC)C2)CC(=O)[C@H](C)/C=C(\C)[C@H]1O. The lowest BCUT2D eigenvalue weighted by Crippen LogP contribution is -2.61. The van der Waals surface area contributed by atoms with E-state index in [-0.39, 0.29) is 42.8 Å². The average Bonchev–Trinajstić information content (AvgIpc) is 3.35. The molecule has 0 aromatic carbocycles. The highest BCUT2D eigenvalue weighted by Gasteiger charge is 2.53. The Morgan fingerprint density at radius 3 is 2.25 bits per heavy atom. The fourth-order valence-corrected chi connectivity index (χ4v) is 10.5. The number of allylic oxidation sites excluding steroid dienone is 6. The van der Waals surface area contributed by atoms with E-state index in [1.165, 1.54) is 26.2 Å². The smallest absolute Gasteiger partial charge is 0.434 e. The van der Waals surface area contributed by atoms with Crippen molar-refractivity contribution in [2.45, 2.75) is 180 Å². The predicted molar refractivity (Wildman–Crippen MR) is 264 cm³/mol. The first-order valence-electron chi connectivity index (χ1n) is 25.6. The van der Waals surface area contributed by atoms with E-state index >= 15 is 0 Å². The number of piperidine rings is 1. The summed E-state index contributed by atoms with van der Waals surface area (Å²) in [5.74, 6) is -8.34. The Balaban J connectivity index is 1.69. The summed E-state index contributed by atoms with van der Waals surface area (Å²) in [5, 5.41) is 24.5. The Bertz CT molecular complexity index is 1950. The molecule has 0 radical (unpaired) electrons. The Hall–Kier alpha value is -4.10. The minimum Gasteiger partial charge on any atom is -0.460 e. The second kappa shape index (κ2) is 27.8. The van der Waals surface area contributed by atoms with E-state index in [0.29, 0.717) is 69.8 Å². The molecule has 3 unspecified atom stereocenters. The number of fused-ring (bicyclic) bond motifs is 3. The summed E-state index contributed by atoms with van der Waals surface area (Å²) < 4.78 is 35.4. The van der Waals surface area contributed by atoms with Crippen LogP contribution >= 0.6 is 0 Å². The largest absolute Gasteiger partial charge is 0.460 e. The monoisotopic (exact) mass is 1000 g/mol.